The Balaban J connectivity index is 1.44. The molecule has 4 aromatic rings. The zero-order valence-corrected chi connectivity index (χ0v) is 19.1. The summed E-state index contributed by atoms with van der Waals surface area (Å²) in [6, 6.07) is 19.0. The van der Waals surface area contributed by atoms with Gasteiger partial charge in [-0.2, -0.15) is 5.10 Å². The van der Waals surface area contributed by atoms with E-state index >= 15 is 0 Å². The van der Waals surface area contributed by atoms with E-state index < -0.39 is 0 Å². The summed E-state index contributed by atoms with van der Waals surface area (Å²) < 4.78 is 1.93. The van der Waals surface area contributed by atoms with E-state index in [-0.39, 0.29) is 11.9 Å². The number of anilines is 1. The number of nitrogens with zero attached hydrogens (tertiary/aromatic N) is 5. The molecule has 7 nitrogen and oxygen atoms in total. The number of hydrogen-bond donors (Lipinski definition) is 1. The van der Waals surface area contributed by atoms with Crippen LogP contribution in [0.5, 0.6) is 0 Å². The molecule has 2 aromatic carbocycles. The minimum absolute atomic E-state index is 0.0216. The van der Waals surface area contributed by atoms with E-state index in [1.54, 1.807) is 0 Å². The third-order valence-electron chi connectivity index (χ3n) is 6.52. The van der Waals surface area contributed by atoms with Gasteiger partial charge in [0.1, 0.15) is 17.8 Å². The number of carbonyl (C=O) groups is 1. The molecule has 1 aliphatic rings. The predicted molar refractivity (Wildman–Crippen MR) is 134 cm³/mol. The Morgan fingerprint density at radius 1 is 1.06 bits per heavy atom. The first kappa shape index (κ1) is 21.8. The highest BCUT2D eigenvalue weighted by atomic mass is 16.2. The van der Waals surface area contributed by atoms with Crippen LogP contribution in [0.15, 0.2) is 73.6 Å². The van der Waals surface area contributed by atoms with Crippen molar-refractivity contribution in [1.82, 2.24) is 24.6 Å². The number of rotatable bonds is 6. The van der Waals surface area contributed by atoms with Gasteiger partial charge in [0.2, 0.25) is 5.91 Å². The van der Waals surface area contributed by atoms with Gasteiger partial charge in [-0.15, -0.1) is 0 Å². The van der Waals surface area contributed by atoms with Crippen LogP contribution in [-0.4, -0.2) is 43.6 Å². The summed E-state index contributed by atoms with van der Waals surface area (Å²) in [5.41, 5.74) is 11.3. The molecule has 0 radical (unpaired) electrons. The van der Waals surface area contributed by atoms with Gasteiger partial charge in [0.15, 0.2) is 5.65 Å². The first-order valence-corrected chi connectivity index (χ1v) is 11.7. The van der Waals surface area contributed by atoms with E-state index in [0.29, 0.717) is 18.0 Å². The second-order valence-electron chi connectivity index (χ2n) is 8.72. The number of benzene rings is 2. The molecule has 7 heteroatoms. The lowest BCUT2D eigenvalue weighted by molar-refractivity contribution is -0.127. The van der Waals surface area contributed by atoms with Crippen LogP contribution in [-0.2, 0) is 17.6 Å². The first-order chi connectivity index (χ1) is 16.6. The molecule has 0 saturated carbocycles. The predicted octanol–water partition coefficient (Wildman–Crippen LogP) is 4.21. The molecule has 34 heavy (non-hydrogen) atoms. The molecule has 2 aromatic heterocycles. The van der Waals surface area contributed by atoms with Crippen LogP contribution in [0.1, 0.15) is 30.0 Å². The Morgan fingerprint density at radius 2 is 1.79 bits per heavy atom. The number of carbonyl (C=O) groups excluding carboxylic acids is 1. The van der Waals surface area contributed by atoms with Gasteiger partial charge in [0.05, 0.1) is 11.4 Å². The lowest BCUT2D eigenvalue weighted by Gasteiger charge is -2.32. The van der Waals surface area contributed by atoms with E-state index in [1.165, 1.54) is 23.5 Å². The van der Waals surface area contributed by atoms with Crippen LogP contribution < -0.4 is 5.73 Å². The summed E-state index contributed by atoms with van der Waals surface area (Å²) in [4.78, 5) is 22.8. The molecular formula is C27H28N6O. The minimum atomic E-state index is -0.0541. The molecule has 0 spiro atoms. The molecule has 1 saturated heterocycles. The maximum atomic E-state index is 12.2. The van der Waals surface area contributed by atoms with E-state index in [1.807, 2.05) is 15.6 Å². The minimum Gasteiger partial charge on any atom is -0.383 e. The lowest BCUT2D eigenvalue weighted by Crippen LogP contribution is -2.40. The zero-order valence-electron chi connectivity index (χ0n) is 19.1. The van der Waals surface area contributed by atoms with Gasteiger partial charge in [0.25, 0.3) is 0 Å². The Kier molecular flexibility index (Phi) is 6.08. The molecule has 0 bridgehead atoms. The monoisotopic (exact) mass is 452 g/mol. The van der Waals surface area contributed by atoms with Crippen LogP contribution in [0.4, 0.5) is 5.82 Å². The molecule has 3 heterocycles. The summed E-state index contributed by atoms with van der Waals surface area (Å²) in [5.74, 6) is 0.357. The highest BCUT2D eigenvalue weighted by Gasteiger charge is 2.27. The third-order valence-corrected chi connectivity index (χ3v) is 6.52. The van der Waals surface area contributed by atoms with Gasteiger partial charge in [-0.25, -0.2) is 14.6 Å². The number of likely N-dealkylation sites (tertiary alicyclic amines) is 1. The second-order valence-corrected chi connectivity index (χ2v) is 8.72. The molecule has 1 fully saturated rings. The van der Waals surface area contributed by atoms with E-state index in [2.05, 4.69) is 65.1 Å². The Bertz CT molecular complexity index is 1310. The quantitative estimate of drug-likeness (QED) is 0.443. The molecule has 2 N–H and O–H groups in total. The molecule has 1 atom stereocenters. The number of nitrogens with two attached hydrogens (primary N) is 1. The molecule has 0 aliphatic carbocycles. The van der Waals surface area contributed by atoms with Crippen molar-refractivity contribution in [2.45, 2.75) is 31.7 Å². The van der Waals surface area contributed by atoms with Gasteiger partial charge >= 0.3 is 0 Å². The van der Waals surface area contributed by atoms with Crippen molar-refractivity contribution in [2.75, 3.05) is 18.8 Å². The van der Waals surface area contributed by atoms with Crippen LogP contribution in [0, 0.1) is 0 Å². The fourth-order valence-electron chi connectivity index (χ4n) is 4.70. The van der Waals surface area contributed by atoms with E-state index in [9.17, 15) is 4.79 Å². The lowest BCUT2D eigenvalue weighted by atomic mass is 10.0. The number of piperidine rings is 1. The first-order valence-electron chi connectivity index (χ1n) is 11.7. The highest BCUT2D eigenvalue weighted by molar-refractivity contribution is 5.98. The van der Waals surface area contributed by atoms with Crippen LogP contribution >= 0.6 is 0 Å². The van der Waals surface area contributed by atoms with Crippen molar-refractivity contribution in [3.8, 4) is 11.3 Å². The molecular weight excluding hydrogens is 424 g/mol. The smallest absolute Gasteiger partial charge is 0.246 e. The Hall–Kier alpha value is -4.00. The average molecular weight is 453 g/mol. The largest absolute Gasteiger partial charge is 0.383 e. The summed E-state index contributed by atoms with van der Waals surface area (Å²) >= 11 is 0. The van der Waals surface area contributed by atoms with Gasteiger partial charge in [-0.3, -0.25) is 4.79 Å². The maximum absolute atomic E-state index is 12.2. The van der Waals surface area contributed by atoms with Crippen LogP contribution in [0.3, 0.4) is 0 Å². The van der Waals surface area contributed by atoms with Gasteiger partial charge in [0, 0.05) is 18.7 Å². The van der Waals surface area contributed by atoms with Gasteiger partial charge < -0.3 is 10.6 Å². The fourth-order valence-corrected chi connectivity index (χ4v) is 4.70. The SMILES string of the molecule is C=CC(=O)N1CCC[C@@H](n2nc(-c3ccc(CCc4ccccc4)cc3)c3c(N)ncnc32)C1. The normalized spacial score (nSPS) is 16.0. The molecule has 172 valence electrons. The van der Waals surface area contributed by atoms with Crippen molar-refractivity contribution in [3.63, 3.8) is 0 Å². The summed E-state index contributed by atoms with van der Waals surface area (Å²) in [6.45, 7) is 4.93. The second kappa shape index (κ2) is 9.47. The highest BCUT2D eigenvalue weighted by Crippen LogP contribution is 2.34. The van der Waals surface area contributed by atoms with Crippen molar-refractivity contribution < 1.29 is 4.79 Å². The van der Waals surface area contributed by atoms with E-state index in [4.69, 9.17) is 10.8 Å². The van der Waals surface area contributed by atoms with Crippen LogP contribution in [0.2, 0.25) is 0 Å². The summed E-state index contributed by atoms with van der Waals surface area (Å²) in [5, 5.41) is 5.71. The summed E-state index contributed by atoms with van der Waals surface area (Å²) in [7, 11) is 0. The number of aromatic nitrogens is 4. The topological polar surface area (TPSA) is 89.9 Å². The Labute approximate surface area is 198 Å². The number of nitrogen functional groups attached to an aromatic ring is 1. The van der Waals surface area contributed by atoms with Gasteiger partial charge in [-0.05, 0) is 42.9 Å². The Morgan fingerprint density at radius 3 is 2.53 bits per heavy atom. The number of amides is 1. The standard InChI is InChI=1S/C27H28N6O/c1-2-23(34)32-16-6-9-22(17-32)33-27-24(26(28)29-18-30-27)25(31-33)21-14-12-20(13-15-21)11-10-19-7-4-3-5-8-19/h2-5,7-8,12-15,18,22H,1,6,9-11,16-17H2,(H2,28,29,30)/t22-/m1/s1. The summed E-state index contributed by atoms with van der Waals surface area (Å²) in [6.07, 6.45) is 6.63. The van der Waals surface area contributed by atoms with Gasteiger partial charge in [-0.1, -0.05) is 61.2 Å². The van der Waals surface area contributed by atoms with E-state index in [0.717, 1.165) is 48.9 Å². The van der Waals surface area contributed by atoms with Crippen molar-refractivity contribution in [1.29, 1.82) is 0 Å². The molecule has 0 unspecified atom stereocenters. The molecule has 1 aliphatic heterocycles. The fraction of sp³-hybridized carbons (Fsp3) is 0.259. The number of fused-ring (bicyclic) bond motifs is 1. The number of hydrogen-bond acceptors (Lipinski definition) is 5. The van der Waals surface area contributed by atoms with Crippen molar-refractivity contribution in [3.05, 3.63) is 84.7 Å². The molecule has 5 rings (SSSR count). The number of aryl methyl sites for hydroxylation is 2. The maximum Gasteiger partial charge on any atom is 0.246 e. The van der Waals surface area contributed by atoms with Crippen molar-refractivity contribution in [2.24, 2.45) is 0 Å². The third kappa shape index (κ3) is 4.29. The zero-order chi connectivity index (χ0) is 23.5. The van der Waals surface area contributed by atoms with Crippen molar-refractivity contribution >= 4 is 22.8 Å². The molecule has 1 amide bonds. The average Bonchev–Trinajstić information content (AvgIpc) is 3.29. The van der Waals surface area contributed by atoms with Crippen LogP contribution in [0.25, 0.3) is 22.3 Å².